The van der Waals surface area contributed by atoms with Crippen molar-refractivity contribution in [2.24, 2.45) is 17.8 Å². The quantitative estimate of drug-likeness (QED) is 0.261. The van der Waals surface area contributed by atoms with Crippen molar-refractivity contribution >= 4 is 29.6 Å². The Morgan fingerprint density at radius 2 is 1.25 bits per heavy atom. The molecule has 0 bridgehead atoms. The SMILES string of the molecule is COC(=O)[C@H](Cc1ccccc1)NC(=O)[C@@H](NC(=O)[C@H](Cc1ccc(O)cc1)N(C(=O)CC(C)C)C(=O)CC(C)C)C(C)C. The molecule has 0 aliphatic carbocycles. The van der Waals surface area contributed by atoms with Crippen LogP contribution in [0.25, 0.3) is 0 Å². The number of imide groups is 1. The maximum absolute atomic E-state index is 14.0. The molecule has 0 saturated heterocycles. The topological polar surface area (TPSA) is 142 Å². The van der Waals surface area contributed by atoms with Gasteiger partial charge in [0.1, 0.15) is 23.9 Å². The van der Waals surface area contributed by atoms with Crippen LogP contribution >= 0.6 is 0 Å². The minimum atomic E-state index is -1.26. The number of rotatable bonds is 15. The fourth-order valence-corrected chi connectivity index (χ4v) is 4.77. The van der Waals surface area contributed by atoms with Crippen LogP contribution in [0.1, 0.15) is 65.5 Å². The van der Waals surface area contributed by atoms with Gasteiger partial charge >= 0.3 is 5.97 Å². The largest absolute Gasteiger partial charge is 0.508 e. The Kier molecular flexibility index (Phi) is 14.0. The van der Waals surface area contributed by atoms with Crippen molar-refractivity contribution in [3.63, 3.8) is 0 Å². The van der Waals surface area contributed by atoms with E-state index in [1.165, 1.54) is 19.2 Å². The lowest BCUT2D eigenvalue weighted by Crippen LogP contribution is -2.59. The van der Waals surface area contributed by atoms with E-state index < -0.39 is 53.6 Å². The van der Waals surface area contributed by atoms with Crippen LogP contribution in [-0.4, -0.2) is 64.8 Å². The highest BCUT2D eigenvalue weighted by Crippen LogP contribution is 2.19. The molecule has 0 aromatic heterocycles. The van der Waals surface area contributed by atoms with Crippen molar-refractivity contribution in [3.8, 4) is 5.75 Å². The summed E-state index contributed by atoms with van der Waals surface area (Å²) < 4.78 is 4.93. The summed E-state index contributed by atoms with van der Waals surface area (Å²) in [5.41, 5.74) is 1.42. The Morgan fingerprint density at radius 1 is 0.727 bits per heavy atom. The Morgan fingerprint density at radius 3 is 1.73 bits per heavy atom. The van der Waals surface area contributed by atoms with Gasteiger partial charge in [0.25, 0.3) is 0 Å². The summed E-state index contributed by atoms with van der Waals surface area (Å²) >= 11 is 0. The molecule has 2 rings (SSSR count). The number of esters is 1. The molecule has 10 heteroatoms. The number of phenols is 1. The zero-order valence-electron chi connectivity index (χ0n) is 26.8. The van der Waals surface area contributed by atoms with Crippen molar-refractivity contribution in [3.05, 3.63) is 65.7 Å². The van der Waals surface area contributed by atoms with Crippen molar-refractivity contribution in [2.75, 3.05) is 7.11 Å². The first kappa shape index (κ1) is 36.0. The molecule has 0 unspecified atom stereocenters. The van der Waals surface area contributed by atoms with Crippen molar-refractivity contribution in [1.29, 1.82) is 0 Å². The Hall–Kier alpha value is -4.21. The van der Waals surface area contributed by atoms with Gasteiger partial charge < -0.3 is 20.5 Å². The van der Waals surface area contributed by atoms with Gasteiger partial charge in [-0.1, -0.05) is 84.0 Å². The number of hydrogen-bond donors (Lipinski definition) is 3. The molecule has 0 fully saturated rings. The molecule has 44 heavy (non-hydrogen) atoms. The van der Waals surface area contributed by atoms with E-state index in [1.807, 2.05) is 58.0 Å². The van der Waals surface area contributed by atoms with Crippen LogP contribution < -0.4 is 10.6 Å². The van der Waals surface area contributed by atoms with E-state index >= 15 is 0 Å². The highest BCUT2D eigenvalue weighted by atomic mass is 16.5. The van der Waals surface area contributed by atoms with Crippen LogP contribution in [0.3, 0.4) is 0 Å². The van der Waals surface area contributed by atoms with Gasteiger partial charge in [-0.05, 0) is 41.0 Å². The summed E-state index contributed by atoms with van der Waals surface area (Å²) in [6.45, 7) is 10.9. The van der Waals surface area contributed by atoms with Gasteiger partial charge in [-0.25, -0.2) is 4.79 Å². The minimum Gasteiger partial charge on any atom is -0.508 e. The smallest absolute Gasteiger partial charge is 0.328 e. The van der Waals surface area contributed by atoms with Crippen LogP contribution in [0.2, 0.25) is 0 Å². The van der Waals surface area contributed by atoms with Crippen LogP contribution in [0.5, 0.6) is 5.75 Å². The van der Waals surface area contributed by atoms with E-state index in [-0.39, 0.29) is 43.3 Å². The van der Waals surface area contributed by atoms with Gasteiger partial charge in [-0.15, -0.1) is 0 Å². The van der Waals surface area contributed by atoms with Crippen molar-refractivity contribution in [2.45, 2.75) is 85.4 Å². The summed E-state index contributed by atoms with van der Waals surface area (Å²) in [7, 11) is 1.24. The lowest BCUT2D eigenvalue weighted by atomic mass is 9.97. The molecular formula is C34H47N3O7. The van der Waals surface area contributed by atoms with E-state index in [1.54, 1.807) is 26.0 Å². The van der Waals surface area contributed by atoms with Crippen molar-refractivity contribution < 1.29 is 33.8 Å². The van der Waals surface area contributed by atoms with Crippen molar-refractivity contribution in [1.82, 2.24) is 15.5 Å². The number of carbonyl (C=O) groups is 5. The molecule has 0 radical (unpaired) electrons. The fourth-order valence-electron chi connectivity index (χ4n) is 4.77. The Labute approximate surface area is 260 Å². The van der Waals surface area contributed by atoms with E-state index in [4.69, 9.17) is 4.74 Å². The molecule has 0 aliphatic rings. The van der Waals surface area contributed by atoms with Crippen LogP contribution in [0, 0.1) is 17.8 Å². The standard InChI is InChI=1S/C34H47N3O7/c1-21(2)17-29(39)37(30(40)18-22(3)4)28(20-25-13-15-26(38)16-14-25)32(41)36-31(23(5)6)33(42)35-27(34(43)44-7)19-24-11-9-8-10-12-24/h8-16,21-23,27-28,31,38H,17-20H2,1-7H3,(H,35,42)(H,36,41)/t27-,28-,31-/m0/s1. The zero-order chi connectivity index (χ0) is 33.0. The Bertz CT molecular complexity index is 1240. The lowest BCUT2D eigenvalue weighted by Gasteiger charge is -2.33. The number of phenolic OH excluding ortho intramolecular Hbond substituents is 1. The molecule has 10 nitrogen and oxygen atoms in total. The first-order chi connectivity index (χ1) is 20.7. The van der Waals surface area contributed by atoms with Crippen LogP contribution in [0.15, 0.2) is 54.6 Å². The fraction of sp³-hybridized carbons (Fsp3) is 0.500. The predicted molar refractivity (Wildman–Crippen MR) is 167 cm³/mol. The van der Waals surface area contributed by atoms with Crippen LogP contribution in [-0.2, 0) is 41.6 Å². The normalized spacial score (nSPS) is 13.2. The highest BCUT2D eigenvalue weighted by molar-refractivity contribution is 6.01. The molecule has 3 atom stereocenters. The number of amides is 4. The number of benzene rings is 2. The van der Waals surface area contributed by atoms with Gasteiger partial charge in [-0.3, -0.25) is 24.1 Å². The van der Waals surface area contributed by atoms with Gasteiger partial charge in [0.15, 0.2) is 0 Å². The summed E-state index contributed by atoms with van der Waals surface area (Å²) in [6.07, 6.45) is 0.267. The van der Waals surface area contributed by atoms with Gasteiger partial charge in [-0.2, -0.15) is 0 Å². The van der Waals surface area contributed by atoms with Gasteiger partial charge in [0.05, 0.1) is 7.11 Å². The first-order valence-corrected chi connectivity index (χ1v) is 15.1. The van der Waals surface area contributed by atoms with E-state index in [0.717, 1.165) is 10.5 Å². The number of carbonyl (C=O) groups excluding carboxylic acids is 5. The molecule has 0 saturated carbocycles. The minimum absolute atomic E-state index is 0.0228. The summed E-state index contributed by atoms with van der Waals surface area (Å²) in [4.78, 5) is 68.3. The number of nitrogens with zero attached hydrogens (tertiary/aromatic N) is 1. The zero-order valence-corrected chi connectivity index (χ0v) is 26.8. The summed E-state index contributed by atoms with van der Waals surface area (Å²) in [5.74, 6) is -3.39. The molecule has 240 valence electrons. The van der Waals surface area contributed by atoms with E-state index in [0.29, 0.717) is 5.56 Å². The molecule has 4 amide bonds. The number of methoxy groups -OCH3 is 1. The molecule has 0 aliphatic heterocycles. The Balaban J connectivity index is 2.44. The average Bonchev–Trinajstić information content (AvgIpc) is 2.95. The molecule has 0 heterocycles. The average molecular weight is 610 g/mol. The van der Waals surface area contributed by atoms with E-state index in [9.17, 15) is 29.1 Å². The maximum atomic E-state index is 14.0. The first-order valence-electron chi connectivity index (χ1n) is 15.1. The molecule has 3 N–H and O–H groups in total. The molecule has 0 spiro atoms. The summed E-state index contributed by atoms with van der Waals surface area (Å²) in [6, 6.07) is 12.0. The highest BCUT2D eigenvalue weighted by Gasteiger charge is 2.38. The summed E-state index contributed by atoms with van der Waals surface area (Å²) in [5, 5.41) is 15.3. The predicted octanol–water partition coefficient (Wildman–Crippen LogP) is 3.79. The van der Waals surface area contributed by atoms with Crippen LogP contribution in [0.4, 0.5) is 0 Å². The third kappa shape index (κ3) is 11.1. The number of ether oxygens (including phenoxy) is 1. The number of hydrogen-bond acceptors (Lipinski definition) is 7. The maximum Gasteiger partial charge on any atom is 0.328 e. The third-order valence-corrected chi connectivity index (χ3v) is 7.01. The van der Waals surface area contributed by atoms with Gasteiger partial charge in [0.2, 0.25) is 23.6 Å². The second-order valence-corrected chi connectivity index (χ2v) is 12.2. The molecule has 2 aromatic rings. The van der Waals surface area contributed by atoms with E-state index in [2.05, 4.69) is 10.6 Å². The van der Waals surface area contributed by atoms with Gasteiger partial charge in [0, 0.05) is 25.7 Å². The molecular weight excluding hydrogens is 562 g/mol. The monoisotopic (exact) mass is 609 g/mol. The second-order valence-electron chi connectivity index (χ2n) is 12.2. The number of aromatic hydroxyl groups is 1. The number of nitrogens with one attached hydrogen (secondary N) is 2. The second kappa shape index (κ2) is 17.2. The lowest BCUT2D eigenvalue weighted by molar-refractivity contribution is -0.153. The molecule has 2 aromatic carbocycles. The third-order valence-electron chi connectivity index (χ3n) is 7.01.